The molecule has 0 spiro atoms. The summed E-state index contributed by atoms with van der Waals surface area (Å²) >= 11 is 6.59. The van der Waals surface area contributed by atoms with Gasteiger partial charge < -0.3 is 4.90 Å². The Kier molecular flexibility index (Phi) is 4.92. The summed E-state index contributed by atoms with van der Waals surface area (Å²) in [5, 5.41) is 9.89. The zero-order valence-corrected chi connectivity index (χ0v) is 17.4. The van der Waals surface area contributed by atoms with Crippen LogP contribution in [-0.2, 0) is 0 Å². The molecular formula is C25H22ClN3O. The molecule has 1 atom stereocenters. The highest BCUT2D eigenvalue weighted by molar-refractivity contribution is 6.33. The molecule has 5 rings (SSSR count). The fraction of sp³-hybridized carbons (Fsp3) is 0.320. The van der Waals surface area contributed by atoms with E-state index in [0.29, 0.717) is 22.2 Å². The molecule has 1 aliphatic heterocycles. The van der Waals surface area contributed by atoms with E-state index >= 15 is 0 Å². The van der Waals surface area contributed by atoms with Crippen molar-refractivity contribution < 1.29 is 4.79 Å². The van der Waals surface area contributed by atoms with Crippen LogP contribution >= 0.6 is 11.6 Å². The number of aliphatic imine (C=N–C) groups is 1. The van der Waals surface area contributed by atoms with E-state index in [9.17, 15) is 10.1 Å². The average Bonchev–Trinajstić information content (AvgIpc) is 3.49. The van der Waals surface area contributed by atoms with Gasteiger partial charge in [-0.25, -0.2) is 0 Å². The van der Waals surface area contributed by atoms with Crippen LogP contribution in [0.3, 0.4) is 0 Å². The topological polar surface area (TPSA) is 56.5 Å². The summed E-state index contributed by atoms with van der Waals surface area (Å²) in [5.74, 6) is 0.0588. The molecule has 30 heavy (non-hydrogen) atoms. The van der Waals surface area contributed by atoms with Gasteiger partial charge in [-0.15, -0.1) is 0 Å². The molecule has 1 amide bonds. The van der Waals surface area contributed by atoms with Crippen LogP contribution in [0.5, 0.6) is 0 Å². The molecule has 1 saturated carbocycles. The monoisotopic (exact) mass is 415 g/mol. The Balaban J connectivity index is 1.43. The minimum atomic E-state index is 0.0588. The summed E-state index contributed by atoms with van der Waals surface area (Å²) in [4.78, 5) is 20.0. The molecule has 2 aliphatic carbocycles. The van der Waals surface area contributed by atoms with Crippen molar-refractivity contribution in [1.82, 2.24) is 4.90 Å². The zero-order valence-electron chi connectivity index (χ0n) is 16.6. The number of nitriles is 1. The SMILES string of the molecule is N#Cc1ccccc1-c1ccc(C(=O)N(C2CC2)C2CCC3=C(C=NC3)C2)cc1Cl. The van der Waals surface area contributed by atoms with Gasteiger partial charge in [0.1, 0.15) is 0 Å². The van der Waals surface area contributed by atoms with Crippen molar-refractivity contribution >= 4 is 23.7 Å². The third-order valence-electron chi connectivity index (χ3n) is 6.34. The third-order valence-corrected chi connectivity index (χ3v) is 6.65. The van der Waals surface area contributed by atoms with E-state index in [1.807, 2.05) is 36.5 Å². The Labute approximate surface area is 181 Å². The number of halogens is 1. The van der Waals surface area contributed by atoms with E-state index < -0.39 is 0 Å². The van der Waals surface area contributed by atoms with Crippen molar-refractivity contribution in [3.63, 3.8) is 0 Å². The van der Waals surface area contributed by atoms with Crippen LogP contribution in [0.25, 0.3) is 11.1 Å². The maximum Gasteiger partial charge on any atom is 0.254 e. The molecule has 1 unspecified atom stereocenters. The number of carbonyl (C=O) groups is 1. The molecule has 0 aromatic heterocycles. The number of hydrogen-bond acceptors (Lipinski definition) is 3. The van der Waals surface area contributed by atoms with Gasteiger partial charge in [-0.05, 0) is 61.4 Å². The second-order valence-corrected chi connectivity index (χ2v) is 8.70. The summed E-state index contributed by atoms with van der Waals surface area (Å²) in [6, 6.07) is 15.6. The number of carbonyl (C=O) groups excluding carboxylic acids is 1. The third kappa shape index (κ3) is 3.44. The van der Waals surface area contributed by atoms with Crippen molar-refractivity contribution in [3.05, 3.63) is 69.8 Å². The number of benzene rings is 2. The first kappa shape index (κ1) is 19.1. The summed E-state index contributed by atoms with van der Waals surface area (Å²) < 4.78 is 0. The predicted octanol–water partition coefficient (Wildman–Crippen LogP) is 5.42. The Hall–Kier alpha value is -2.90. The molecule has 150 valence electrons. The lowest BCUT2D eigenvalue weighted by molar-refractivity contribution is 0.0645. The van der Waals surface area contributed by atoms with E-state index in [1.54, 1.807) is 12.1 Å². The lowest BCUT2D eigenvalue weighted by atomic mass is 9.88. The van der Waals surface area contributed by atoms with Crippen LogP contribution in [0.1, 0.15) is 48.0 Å². The molecule has 1 heterocycles. The maximum atomic E-state index is 13.5. The summed E-state index contributed by atoms with van der Waals surface area (Å²) in [5.41, 5.74) is 5.52. The Bertz CT molecular complexity index is 1120. The molecule has 0 radical (unpaired) electrons. The minimum Gasteiger partial charge on any atom is -0.332 e. The second-order valence-electron chi connectivity index (χ2n) is 8.29. The molecule has 3 aliphatic rings. The number of hydrogen-bond donors (Lipinski definition) is 0. The smallest absolute Gasteiger partial charge is 0.254 e. The van der Waals surface area contributed by atoms with Crippen LogP contribution in [0, 0.1) is 11.3 Å². The van der Waals surface area contributed by atoms with E-state index in [-0.39, 0.29) is 11.9 Å². The molecule has 2 aromatic rings. The van der Waals surface area contributed by atoms with E-state index in [1.165, 1.54) is 11.1 Å². The highest BCUT2D eigenvalue weighted by atomic mass is 35.5. The van der Waals surface area contributed by atoms with E-state index in [2.05, 4.69) is 16.0 Å². The van der Waals surface area contributed by atoms with Gasteiger partial charge in [0.2, 0.25) is 0 Å². The summed E-state index contributed by atoms with van der Waals surface area (Å²) in [6.45, 7) is 0.834. The van der Waals surface area contributed by atoms with Crippen molar-refractivity contribution in [2.45, 2.75) is 44.2 Å². The molecule has 0 bridgehead atoms. The van der Waals surface area contributed by atoms with Crippen molar-refractivity contribution in [2.24, 2.45) is 4.99 Å². The second kappa shape index (κ2) is 7.74. The molecule has 0 N–H and O–H groups in total. The standard InChI is InChI=1S/C25H22ClN3O/c26-24-12-16(6-10-23(24)22-4-2-1-3-17(22)13-27)25(30)29(20-8-9-20)21-7-5-18-14-28-15-19(18)11-21/h1-4,6,10,12,15,20-21H,5,7-9,11,14H2. The van der Waals surface area contributed by atoms with Crippen LogP contribution in [-0.4, -0.2) is 35.7 Å². The predicted molar refractivity (Wildman–Crippen MR) is 119 cm³/mol. The van der Waals surface area contributed by atoms with Gasteiger partial charge in [0, 0.05) is 40.0 Å². The molecule has 2 aromatic carbocycles. The Morgan fingerprint density at radius 2 is 1.93 bits per heavy atom. The zero-order chi connectivity index (χ0) is 20.7. The number of rotatable bonds is 4. The van der Waals surface area contributed by atoms with Gasteiger partial charge in [-0.1, -0.05) is 35.9 Å². The van der Waals surface area contributed by atoms with Gasteiger partial charge in [-0.3, -0.25) is 9.79 Å². The van der Waals surface area contributed by atoms with Gasteiger partial charge in [0.15, 0.2) is 0 Å². The van der Waals surface area contributed by atoms with Crippen LogP contribution < -0.4 is 0 Å². The fourth-order valence-corrected chi connectivity index (χ4v) is 4.93. The van der Waals surface area contributed by atoms with Gasteiger partial charge in [0.05, 0.1) is 18.2 Å². The highest BCUT2D eigenvalue weighted by Gasteiger charge is 2.39. The largest absolute Gasteiger partial charge is 0.332 e. The Morgan fingerprint density at radius 1 is 1.10 bits per heavy atom. The van der Waals surface area contributed by atoms with Crippen LogP contribution in [0.2, 0.25) is 5.02 Å². The summed E-state index contributed by atoms with van der Waals surface area (Å²) in [6.07, 6.45) is 7.08. The first-order valence-electron chi connectivity index (χ1n) is 10.5. The average molecular weight is 416 g/mol. The lowest BCUT2D eigenvalue weighted by Gasteiger charge is -2.35. The molecule has 4 nitrogen and oxygen atoms in total. The molecular weight excluding hydrogens is 394 g/mol. The van der Waals surface area contributed by atoms with Gasteiger partial charge >= 0.3 is 0 Å². The Morgan fingerprint density at radius 3 is 2.70 bits per heavy atom. The fourth-order valence-electron chi connectivity index (χ4n) is 4.64. The first-order valence-corrected chi connectivity index (χ1v) is 10.9. The normalized spacial score (nSPS) is 20.1. The molecule has 1 fully saturated rings. The quantitative estimate of drug-likeness (QED) is 0.669. The van der Waals surface area contributed by atoms with Gasteiger partial charge in [-0.2, -0.15) is 5.26 Å². The molecule has 5 heteroatoms. The summed E-state index contributed by atoms with van der Waals surface area (Å²) in [7, 11) is 0. The highest BCUT2D eigenvalue weighted by Crippen LogP contribution is 2.38. The van der Waals surface area contributed by atoms with E-state index in [0.717, 1.165) is 49.8 Å². The number of amides is 1. The van der Waals surface area contributed by atoms with Crippen molar-refractivity contribution in [2.75, 3.05) is 6.54 Å². The molecule has 0 saturated heterocycles. The van der Waals surface area contributed by atoms with Crippen LogP contribution in [0.4, 0.5) is 0 Å². The van der Waals surface area contributed by atoms with Gasteiger partial charge in [0.25, 0.3) is 5.91 Å². The number of nitrogens with zero attached hydrogens (tertiary/aromatic N) is 3. The van der Waals surface area contributed by atoms with Crippen LogP contribution in [0.15, 0.2) is 58.6 Å². The van der Waals surface area contributed by atoms with E-state index in [4.69, 9.17) is 11.6 Å². The lowest BCUT2D eigenvalue weighted by Crippen LogP contribution is -2.43. The minimum absolute atomic E-state index is 0.0588. The van der Waals surface area contributed by atoms with Crippen molar-refractivity contribution in [1.29, 1.82) is 5.26 Å². The van der Waals surface area contributed by atoms with Crippen molar-refractivity contribution in [3.8, 4) is 17.2 Å². The maximum absolute atomic E-state index is 13.5. The first-order chi connectivity index (χ1) is 14.7.